The molecule has 0 spiro atoms. The zero-order valence-corrected chi connectivity index (χ0v) is 10.3. The van der Waals surface area contributed by atoms with Gasteiger partial charge >= 0.3 is 0 Å². The Bertz CT molecular complexity index is 476. The Morgan fingerprint density at radius 3 is 2.79 bits per heavy atom. The standard InChI is InChI=1S/C10H7F2IS/c1-5-7(13)4-8-6(2-3-14-8)9(5)10(11)12/h2-4,10H,1H3. The van der Waals surface area contributed by atoms with E-state index in [1.807, 2.05) is 11.4 Å². The molecule has 1 aromatic heterocycles. The summed E-state index contributed by atoms with van der Waals surface area (Å²) in [4.78, 5) is 0. The number of rotatable bonds is 1. The van der Waals surface area contributed by atoms with Gasteiger partial charge in [0.2, 0.25) is 0 Å². The largest absolute Gasteiger partial charge is 0.264 e. The monoisotopic (exact) mass is 324 g/mol. The van der Waals surface area contributed by atoms with Crippen molar-refractivity contribution in [1.82, 2.24) is 0 Å². The van der Waals surface area contributed by atoms with Crippen LogP contribution in [0.2, 0.25) is 0 Å². The topological polar surface area (TPSA) is 0 Å². The van der Waals surface area contributed by atoms with Crippen molar-refractivity contribution < 1.29 is 8.78 Å². The molecule has 0 saturated carbocycles. The molecule has 0 N–H and O–H groups in total. The highest BCUT2D eigenvalue weighted by Gasteiger charge is 2.17. The molecular weight excluding hydrogens is 317 g/mol. The molecule has 2 aromatic rings. The second-order valence-corrected chi connectivity index (χ2v) is 5.14. The summed E-state index contributed by atoms with van der Waals surface area (Å²) in [6.07, 6.45) is -2.39. The number of hydrogen-bond donors (Lipinski definition) is 0. The molecule has 0 bridgehead atoms. The van der Waals surface area contributed by atoms with Crippen LogP contribution >= 0.6 is 33.9 Å². The molecule has 2 rings (SSSR count). The molecule has 0 amide bonds. The van der Waals surface area contributed by atoms with Gasteiger partial charge in [-0.05, 0) is 52.6 Å². The van der Waals surface area contributed by atoms with Crippen molar-refractivity contribution in [2.45, 2.75) is 13.3 Å². The summed E-state index contributed by atoms with van der Waals surface area (Å²) < 4.78 is 27.5. The Balaban J connectivity index is 2.86. The van der Waals surface area contributed by atoms with Crippen molar-refractivity contribution in [3.8, 4) is 0 Å². The summed E-state index contributed by atoms with van der Waals surface area (Å²) in [5.41, 5.74) is 0.889. The Labute approximate surface area is 98.1 Å². The molecule has 0 unspecified atom stereocenters. The Kier molecular flexibility index (Phi) is 2.74. The van der Waals surface area contributed by atoms with Crippen LogP contribution < -0.4 is 0 Å². The van der Waals surface area contributed by atoms with Crippen molar-refractivity contribution in [1.29, 1.82) is 0 Å². The minimum absolute atomic E-state index is 0.188. The van der Waals surface area contributed by atoms with E-state index in [1.165, 1.54) is 11.3 Å². The van der Waals surface area contributed by atoms with E-state index in [2.05, 4.69) is 22.6 Å². The van der Waals surface area contributed by atoms with Crippen molar-refractivity contribution in [2.24, 2.45) is 0 Å². The van der Waals surface area contributed by atoms with Crippen LogP contribution in [0.4, 0.5) is 8.78 Å². The summed E-state index contributed by atoms with van der Waals surface area (Å²) in [6.45, 7) is 1.75. The molecule has 0 saturated heterocycles. The van der Waals surface area contributed by atoms with Gasteiger partial charge in [-0.15, -0.1) is 11.3 Å². The fraction of sp³-hybridized carbons (Fsp3) is 0.200. The summed E-state index contributed by atoms with van der Waals surface area (Å²) in [6, 6.07) is 3.73. The lowest BCUT2D eigenvalue weighted by Gasteiger charge is -2.08. The quantitative estimate of drug-likeness (QED) is 0.664. The average molecular weight is 324 g/mol. The minimum atomic E-state index is -2.39. The van der Waals surface area contributed by atoms with Crippen molar-refractivity contribution >= 4 is 44.0 Å². The third kappa shape index (κ3) is 1.54. The first-order chi connectivity index (χ1) is 6.61. The van der Waals surface area contributed by atoms with Gasteiger partial charge in [0.15, 0.2) is 0 Å². The average Bonchev–Trinajstić information content (AvgIpc) is 2.52. The molecule has 0 nitrogen and oxygen atoms in total. The van der Waals surface area contributed by atoms with Gasteiger partial charge in [-0.25, -0.2) is 8.78 Å². The molecule has 1 aromatic carbocycles. The molecule has 0 aliphatic heterocycles. The predicted octanol–water partition coefficient (Wildman–Crippen LogP) is 4.75. The SMILES string of the molecule is Cc1c(I)cc2sccc2c1C(F)F. The van der Waals surface area contributed by atoms with Gasteiger partial charge in [0, 0.05) is 19.2 Å². The number of benzene rings is 1. The van der Waals surface area contributed by atoms with Gasteiger partial charge in [-0.3, -0.25) is 0 Å². The highest BCUT2D eigenvalue weighted by molar-refractivity contribution is 14.1. The summed E-state index contributed by atoms with van der Waals surface area (Å²) in [5, 5.41) is 2.55. The maximum atomic E-state index is 12.8. The fourth-order valence-electron chi connectivity index (χ4n) is 1.49. The van der Waals surface area contributed by atoms with Gasteiger partial charge in [-0.2, -0.15) is 0 Å². The fourth-order valence-corrected chi connectivity index (χ4v) is 3.15. The highest BCUT2D eigenvalue weighted by atomic mass is 127. The Morgan fingerprint density at radius 2 is 2.14 bits per heavy atom. The van der Waals surface area contributed by atoms with E-state index in [4.69, 9.17) is 0 Å². The van der Waals surface area contributed by atoms with Gasteiger partial charge in [-0.1, -0.05) is 0 Å². The molecule has 1 heterocycles. The van der Waals surface area contributed by atoms with Gasteiger partial charge < -0.3 is 0 Å². The van der Waals surface area contributed by atoms with E-state index in [9.17, 15) is 8.78 Å². The minimum Gasteiger partial charge on any atom is -0.205 e. The number of alkyl halides is 2. The van der Waals surface area contributed by atoms with Crippen LogP contribution in [0, 0.1) is 10.5 Å². The number of hydrogen-bond acceptors (Lipinski definition) is 1. The lowest BCUT2D eigenvalue weighted by Crippen LogP contribution is -1.93. The van der Waals surface area contributed by atoms with Crippen LogP contribution in [0.1, 0.15) is 17.6 Å². The molecule has 14 heavy (non-hydrogen) atoms. The molecule has 4 heteroatoms. The summed E-state index contributed by atoms with van der Waals surface area (Å²) >= 11 is 3.61. The van der Waals surface area contributed by atoms with Crippen LogP contribution in [0.25, 0.3) is 10.1 Å². The first-order valence-corrected chi connectivity index (χ1v) is 6.01. The normalized spacial score (nSPS) is 11.5. The number of fused-ring (bicyclic) bond motifs is 1. The molecule has 0 fully saturated rings. The Hall–Kier alpha value is -0.230. The molecule has 74 valence electrons. The second kappa shape index (κ2) is 3.73. The van der Waals surface area contributed by atoms with Gasteiger partial charge in [0.05, 0.1) is 0 Å². The van der Waals surface area contributed by atoms with E-state index < -0.39 is 6.43 Å². The van der Waals surface area contributed by atoms with Gasteiger partial charge in [0.25, 0.3) is 6.43 Å². The number of thiophene rings is 1. The van der Waals surface area contributed by atoms with Crippen LogP contribution in [-0.2, 0) is 0 Å². The zero-order chi connectivity index (χ0) is 10.3. The third-order valence-corrected chi connectivity index (χ3v) is 4.21. The molecule has 0 aliphatic rings. The first-order valence-electron chi connectivity index (χ1n) is 4.05. The Morgan fingerprint density at radius 1 is 1.43 bits per heavy atom. The maximum Gasteiger partial charge on any atom is 0.264 e. The summed E-state index contributed by atoms with van der Waals surface area (Å²) in [7, 11) is 0. The summed E-state index contributed by atoms with van der Waals surface area (Å²) in [5.74, 6) is 0. The van der Waals surface area contributed by atoms with Crippen LogP contribution in [0.5, 0.6) is 0 Å². The van der Waals surface area contributed by atoms with E-state index in [0.29, 0.717) is 10.9 Å². The van der Waals surface area contributed by atoms with E-state index in [-0.39, 0.29) is 5.56 Å². The van der Waals surface area contributed by atoms with Crippen LogP contribution in [-0.4, -0.2) is 0 Å². The zero-order valence-electron chi connectivity index (χ0n) is 7.35. The molecule has 0 atom stereocenters. The smallest absolute Gasteiger partial charge is 0.205 e. The predicted molar refractivity (Wildman–Crippen MR) is 64.2 cm³/mol. The first kappa shape index (κ1) is 10.3. The van der Waals surface area contributed by atoms with Crippen molar-refractivity contribution in [3.05, 3.63) is 32.2 Å². The lowest BCUT2D eigenvalue weighted by molar-refractivity contribution is 0.152. The second-order valence-electron chi connectivity index (χ2n) is 3.03. The van der Waals surface area contributed by atoms with E-state index >= 15 is 0 Å². The van der Waals surface area contributed by atoms with Crippen LogP contribution in [0.15, 0.2) is 17.5 Å². The molecule has 0 radical (unpaired) electrons. The highest BCUT2D eigenvalue weighted by Crippen LogP contribution is 2.35. The molecule has 0 aliphatic carbocycles. The van der Waals surface area contributed by atoms with E-state index in [1.54, 1.807) is 13.0 Å². The molecular formula is C10H7F2IS. The lowest BCUT2D eigenvalue weighted by atomic mass is 10.1. The van der Waals surface area contributed by atoms with Crippen molar-refractivity contribution in [2.75, 3.05) is 0 Å². The van der Waals surface area contributed by atoms with Crippen LogP contribution in [0.3, 0.4) is 0 Å². The van der Waals surface area contributed by atoms with E-state index in [0.717, 1.165) is 8.27 Å². The number of halogens is 3. The van der Waals surface area contributed by atoms with Crippen molar-refractivity contribution in [3.63, 3.8) is 0 Å². The third-order valence-electron chi connectivity index (χ3n) is 2.22. The maximum absolute atomic E-state index is 12.8. The van der Waals surface area contributed by atoms with Gasteiger partial charge in [0.1, 0.15) is 0 Å².